The Kier molecular flexibility index (Phi) is 3.10. The molecule has 0 bridgehead atoms. The molecule has 12 heavy (non-hydrogen) atoms. The summed E-state index contributed by atoms with van der Waals surface area (Å²) >= 11 is 0. The molecule has 1 atom stereocenters. The van der Waals surface area contributed by atoms with Gasteiger partial charge in [0, 0.05) is 19.6 Å². The summed E-state index contributed by atoms with van der Waals surface area (Å²) in [5.41, 5.74) is 0.427. The van der Waals surface area contributed by atoms with Gasteiger partial charge in [0.1, 0.15) is 0 Å². The average molecular weight is 173 g/mol. The summed E-state index contributed by atoms with van der Waals surface area (Å²) in [6.07, 6.45) is 0.697. The van der Waals surface area contributed by atoms with Crippen LogP contribution in [0.15, 0.2) is 0 Å². The molecule has 0 radical (unpaired) electrons. The van der Waals surface area contributed by atoms with Gasteiger partial charge in [-0.2, -0.15) is 0 Å². The molecule has 1 aliphatic heterocycles. The maximum atomic E-state index is 11.9. The van der Waals surface area contributed by atoms with Crippen LogP contribution in [0.4, 0.5) is 4.39 Å². The zero-order chi connectivity index (χ0) is 9.19. The van der Waals surface area contributed by atoms with E-state index in [0.717, 1.165) is 25.6 Å². The van der Waals surface area contributed by atoms with E-state index in [1.54, 1.807) is 0 Å². The summed E-state index contributed by atoms with van der Waals surface area (Å²) in [5.74, 6) is 0.747. The fraction of sp³-hybridized carbons (Fsp3) is 1.00. The zero-order valence-electron chi connectivity index (χ0n) is 8.44. The molecule has 1 rings (SSSR count). The third-order valence-electron chi connectivity index (χ3n) is 3.11. The van der Waals surface area contributed by atoms with Crippen LogP contribution in [-0.2, 0) is 0 Å². The van der Waals surface area contributed by atoms with Crippen molar-refractivity contribution in [2.45, 2.75) is 27.2 Å². The Hall–Kier alpha value is -0.110. The highest BCUT2D eigenvalue weighted by molar-refractivity contribution is 4.87. The Morgan fingerprint density at radius 3 is 2.58 bits per heavy atom. The van der Waals surface area contributed by atoms with Gasteiger partial charge in [-0.25, -0.2) is 0 Å². The molecule has 2 heteroatoms. The van der Waals surface area contributed by atoms with Crippen LogP contribution in [0.25, 0.3) is 0 Å². The number of alkyl halides is 1. The largest absolute Gasteiger partial charge is 0.302 e. The van der Waals surface area contributed by atoms with Crippen LogP contribution in [0.5, 0.6) is 0 Å². The number of hydrogen-bond acceptors (Lipinski definition) is 1. The molecule has 0 saturated carbocycles. The van der Waals surface area contributed by atoms with E-state index in [1.165, 1.54) is 0 Å². The summed E-state index contributed by atoms with van der Waals surface area (Å²) in [5, 5.41) is 0. The number of nitrogens with zero attached hydrogens (tertiary/aromatic N) is 1. The molecule has 1 heterocycles. The SMILES string of the molecule is CC1CN(CCCF)CC1(C)C. The van der Waals surface area contributed by atoms with Crippen molar-refractivity contribution in [2.75, 3.05) is 26.3 Å². The van der Waals surface area contributed by atoms with Crippen LogP contribution in [0.3, 0.4) is 0 Å². The van der Waals surface area contributed by atoms with Gasteiger partial charge in [-0.1, -0.05) is 20.8 Å². The highest BCUT2D eigenvalue weighted by atomic mass is 19.1. The van der Waals surface area contributed by atoms with Crippen molar-refractivity contribution in [3.63, 3.8) is 0 Å². The summed E-state index contributed by atoms with van der Waals surface area (Å²) in [6.45, 7) is 9.92. The van der Waals surface area contributed by atoms with Gasteiger partial charge in [0.05, 0.1) is 6.67 Å². The third kappa shape index (κ3) is 2.19. The van der Waals surface area contributed by atoms with Crippen LogP contribution in [-0.4, -0.2) is 31.2 Å². The summed E-state index contributed by atoms with van der Waals surface area (Å²) < 4.78 is 11.9. The third-order valence-corrected chi connectivity index (χ3v) is 3.11. The maximum absolute atomic E-state index is 11.9. The zero-order valence-corrected chi connectivity index (χ0v) is 8.44. The first kappa shape index (κ1) is 9.97. The van der Waals surface area contributed by atoms with Crippen LogP contribution in [0.1, 0.15) is 27.2 Å². The monoisotopic (exact) mass is 173 g/mol. The van der Waals surface area contributed by atoms with E-state index in [2.05, 4.69) is 25.7 Å². The molecule has 0 spiro atoms. The molecule has 0 aromatic rings. The lowest BCUT2D eigenvalue weighted by molar-refractivity contribution is 0.269. The van der Waals surface area contributed by atoms with Crippen LogP contribution in [0, 0.1) is 11.3 Å². The molecular weight excluding hydrogens is 153 g/mol. The fourth-order valence-electron chi connectivity index (χ4n) is 1.88. The van der Waals surface area contributed by atoms with E-state index in [1.807, 2.05) is 0 Å². The molecule has 0 N–H and O–H groups in total. The van der Waals surface area contributed by atoms with E-state index < -0.39 is 0 Å². The van der Waals surface area contributed by atoms with E-state index in [9.17, 15) is 4.39 Å². The average Bonchev–Trinajstić information content (AvgIpc) is 2.22. The topological polar surface area (TPSA) is 3.24 Å². The maximum Gasteiger partial charge on any atom is 0.0906 e. The first-order valence-electron chi connectivity index (χ1n) is 4.84. The van der Waals surface area contributed by atoms with Crippen molar-refractivity contribution >= 4 is 0 Å². The number of likely N-dealkylation sites (tertiary alicyclic amines) is 1. The molecule has 1 unspecified atom stereocenters. The van der Waals surface area contributed by atoms with E-state index in [0.29, 0.717) is 11.8 Å². The second kappa shape index (κ2) is 3.73. The minimum atomic E-state index is -0.175. The van der Waals surface area contributed by atoms with Crippen LogP contribution >= 0.6 is 0 Å². The van der Waals surface area contributed by atoms with Crippen molar-refractivity contribution in [3.05, 3.63) is 0 Å². The van der Waals surface area contributed by atoms with Gasteiger partial charge in [0.25, 0.3) is 0 Å². The van der Waals surface area contributed by atoms with Gasteiger partial charge in [0.15, 0.2) is 0 Å². The summed E-state index contributed by atoms with van der Waals surface area (Å²) in [6, 6.07) is 0. The van der Waals surface area contributed by atoms with Gasteiger partial charge in [-0.15, -0.1) is 0 Å². The summed E-state index contributed by atoms with van der Waals surface area (Å²) in [7, 11) is 0. The highest BCUT2D eigenvalue weighted by Crippen LogP contribution is 2.34. The summed E-state index contributed by atoms with van der Waals surface area (Å²) in [4.78, 5) is 2.38. The fourth-order valence-corrected chi connectivity index (χ4v) is 1.88. The minimum Gasteiger partial charge on any atom is -0.302 e. The van der Waals surface area contributed by atoms with Gasteiger partial charge in [0.2, 0.25) is 0 Å². The number of hydrogen-bond donors (Lipinski definition) is 0. The smallest absolute Gasteiger partial charge is 0.0906 e. The lowest BCUT2D eigenvalue weighted by Crippen LogP contribution is -2.24. The highest BCUT2D eigenvalue weighted by Gasteiger charge is 2.35. The standard InChI is InChI=1S/C10H20FN/c1-9-7-12(6-4-5-11)8-10(9,2)3/h9H,4-8H2,1-3H3. The van der Waals surface area contributed by atoms with Crippen molar-refractivity contribution in [2.24, 2.45) is 11.3 Å². The van der Waals surface area contributed by atoms with Crippen molar-refractivity contribution in [1.29, 1.82) is 0 Å². The van der Waals surface area contributed by atoms with E-state index in [-0.39, 0.29) is 6.67 Å². The molecule has 1 nitrogen and oxygen atoms in total. The van der Waals surface area contributed by atoms with Crippen molar-refractivity contribution < 1.29 is 4.39 Å². The Morgan fingerprint density at radius 2 is 2.17 bits per heavy atom. The normalized spacial score (nSPS) is 29.5. The molecule has 0 aliphatic carbocycles. The van der Waals surface area contributed by atoms with Crippen molar-refractivity contribution in [1.82, 2.24) is 4.90 Å². The molecule has 72 valence electrons. The Labute approximate surface area is 74.9 Å². The lowest BCUT2D eigenvalue weighted by atomic mass is 9.84. The second-order valence-electron chi connectivity index (χ2n) is 4.67. The molecule has 1 saturated heterocycles. The van der Waals surface area contributed by atoms with Gasteiger partial charge >= 0.3 is 0 Å². The van der Waals surface area contributed by atoms with Gasteiger partial charge in [-0.3, -0.25) is 4.39 Å². The quantitative estimate of drug-likeness (QED) is 0.633. The Balaban J connectivity index is 2.33. The molecular formula is C10H20FN. The molecule has 0 aromatic carbocycles. The van der Waals surface area contributed by atoms with Gasteiger partial charge in [-0.05, 0) is 17.8 Å². The molecule has 1 aliphatic rings. The van der Waals surface area contributed by atoms with E-state index >= 15 is 0 Å². The first-order chi connectivity index (χ1) is 5.56. The minimum absolute atomic E-state index is 0.175. The molecule has 0 aromatic heterocycles. The van der Waals surface area contributed by atoms with E-state index in [4.69, 9.17) is 0 Å². The Morgan fingerprint density at radius 1 is 1.50 bits per heavy atom. The predicted octanol–water partition coefficient (Wildman–Crippen LogP) is 2.32. The first-order valence-corrected chi connectivity index (χ1v) is 4.84. The molecule has 1 fully saturated rings. The van der Waals surface area contributed by atoms with Gasteiger partial charge < -0.3 is 4.90 Å². The predicted molar refractivity (Wildman–Crippen MR) is 50.0 cm³/mol. The number of halogens is 1. The Bertz CT molecular complexity index is 145. The van der Waals surface area contributed by atoms with Crippen LogP contribution in [0.2, 0.25) is 0 Å². The second-order valence-corrected chi connectivity index (χ2v) is 4.67. The van der Waals surface area contributed by atoms with Crippen LogP contribution < -0.4 is 0 Å². The van der Waals surface area contributed by atoms with Crippen molar-refractivity contribution in [3.8, 4) is 0 Å². The lowest BCUT2D eigenvalue weighted by Gasteiger charge is -2.22. The number of rotatable bonds is 3. The molecule has 0 amide bonds.